The van der Waals surface area contributed by atoms with Crippen molar-refractivity contribution in [1.29, 1.82) is 0 Å². The molecule has 0 saturated heterocycles. The highest BCUT2D eigenvalue weighted by atomic mass is 32.2. The molecule has 1 saturated carbocycles. The topological polar surface area (TPSA) is 102 Å². The molecule has 1 aliphatic carbocycles. The molecule has 2 unspecified atom stereocenters. The molecule has 0 aromatic heterocycles. The van der Waals surface area contributed by atoms with E-state index in [-0.39, 0.29) is 18.9 Å². The number of rotatable bonds is 8. The minimum absolute atomic E-state index is 0.0439. The first-order valence-electron chi connectivity index (χ1n) is 7.25. The zero-order valence-corrected chi connectivity index (χ0v) is 13.4. The number of nitrogens with one attached hydrogen (secondary N) is 2. The number of ether oxygens (including phenoxy) is 1. The van der Waals surface area contributed by atoms with Crippen molar-refractivity contribution in [3.63, 3.8) is 0 Å². The smallest absolute Gasteiger partial charge is 0.310 e. The van der Waals surface area contributed by atoms with Gasteiger partial charge in [-0.2, -0.15) is 0 Å². The van der Waals surface area contributed by atoms with Crippen molar-refractivity contribution < 1.29 is 22.7 Å². The van der Waals surface area contributed by atoms with E-state index in [1.54, 1.807) is 0 Å². The summed E-state index contributed by atoms with van der Waals surface area (Å²) < 4.78 is 31.5. The Labute approximate surface area is 125 Å². The van der Waals surface area contributed by atoms with Crippen LogP contribution in [0.4, 0.5) is 0 Å². The Morgan fingerprint density at radius 2 is 1.95 bits per heavy atom. The minimum atomic E-state index is -3.61. The Hall–Kier alpha value is -1.15. The van der Waals surface area contributed by atoms with Gasteiger partial charge in [-0.1, -0.05) is 13.3 Å². The van der Waals surface area contributed by atoms with Gasteiger partial charge >= 0.3 is 5.97 Å². The van der Waals surface area contributed by atoms with Crippen LogP contribution >= 0.6 is 0 Å². The molecule has 7 nitrogen and oxygen atoms in total. The van der Waals surface area contributed by atoms with Gasteiger partial charge in [0.25, 0.3) is 0 Å². The average Bonchev–Trinajstić information content (AvgIpc) is 2.94. The zero-order chi connectivity index (χ0) is 15.9. The van der Waals surface area contributed by atoms with Gasteiger partial charge in [0, 0.05) is 19.5 Å². The monoisotopic (exact) mass is 320 g/mol. The van der Waals surface area contributed by atoms with Crippen LogP contribution in [0.5, 0.6) is 0 Å². The molecule has 0 spiro atoms. The molecule has 2 atom stereocenters. The molecular weight excluding hydrogens is 296 g/mol. The molecule has 122 valence electrons. The maximum absolute atomic E-state index is 12.2. The Bertz CT molecular complexity index is 463. The highest BCUT2D eigenvalue weighted by molar-refractivity contribution is 7.90. The van der Waals surface area contributed by atoms with Crippen molar-refractivity contribution in [2.45, 2.75) is 44.3 Å². The third-order valence-electron chi connectivity index (χ3n) is 3.58. The van der Waals surface area contributed by atoms with E-state index in [4.69, 9.17) is 0 Å². The SMILES string of the molecule is CCCNC(=O)CCNS(=O)(=O)C1CCCC1C(=O)OC. The molecule has 8 heteroatoms. The van der Waals surface area contributed by atoms with Gasteiger partial charge in [0.1, 0.15) is 0 Å². The standard InChI is InChI=1S/C13H24N2O5S/c1-3-8-14-12(16)7-9-15-21(18,19)11-6-4-5-10(11)13(17)20-2/h10-11,15H,3-9H2,1-2H3,(H,14,16). The molecule has 0 aliphatic heterocycles. The Kier molecular flexibility index (Phi) is 7.10. The second-order valence-corrected chi connectivity index (χ2v) is 7.12. The van der Waals surface area contributed by atoms with Crippen LogP contribution in [0.2, 0.25) is 0 Å². The number of sulfonamides is 1. The molecule has 0 aromatic rings. The summed E-state index contributed by atoms with van der Waals surface area (Å²) in [5.74, 6) is -1.28. The summed E-state index contributed by atoms with van der Waals surface area (Å²) >= 11 is 0. The summed E-state index contributed by atoms with van der Waals surface area (Å²) in [6.45, 7) is 2.57. The van der Waals surface area contributed by atoms with Crippen LogP contribution in [0, 0.1) is 5.92 Å². The molecule has 0 bridgehead atoms. The van der Waals surface area contributed by atoms with Gasteiger partial charge in [-0.15, -0.1) is 0 Å². The fraction of sp³-hybridized carbons (Fsp3) is 0.846. The maximum atomic E-state index is 12.2. The van der Waals surface area contributed by atoms with E-state index < -0.39 is 27.2 Å². The summed E-state index contributed by atoms with van der Waals surface area (Å²) in [7, 11) is -2.35. The quantitative estimate of drug-likeness (QED) is 0.621. The predicted molar refractivity (Wildman–Crippen MR) is 78.0 cm³/mol. The highest BCUT2D eigenvalue weighted by Gasteiger charge is 2.41. The zero-order valence-electron chi connectivity index (χ0n) is 12.6. The largest absolute Gasteiger partial charge is 0.469 e. The van der Waals surface area contributed by atoms with Crippen molar-refractivity contribution in [3.05, 3.63) is 0 Å². The molecule has 2 N–H and O–H groups in total. The summed E-state index contributed by atoms with van der Waals surface area (Å²) in [6, 6.07) is 0. The number of methoxy groups -OCH3 is 1. The third kappa shape index (κ3) is 5.28. The lowest BCUT2D eigenvalue weighted by atomic mass is 10.1. The summed E-state index contributed by atoms with van der Waals surface area (Å²) in [6.07, 6.45) is 2.57. The van der Waals surface area contributed by atoms with Crippen LogP contribution < -0.4 is 10.0 Å². The van der Waals surface area contributed by atoms with Gasteiger partial charge < -0.3 is 10.1 Å². The van der Waals surface area contributed by atoms with E-state index in [9.17, 15) is 18.0 Å². The first-order chi connectivity index (χ1) is 9.92. The molecule has 1 aliphatic rings. The van der Waals surface area contributed by atoms with Crippen LogP contribution in [0.1, 0.15) is 39.0 Å². The Morgan fingerprint density at radius 3 is 2.57 bits per heavy atom. The fourth-order valence-corrected chi connectivity index (χ4v) is 4.24. The molecular formula is C13H24N2O5S. The molecule has 0 aromatic carbocycles. The average molecular weight is 320 g/mol. The second kappa shape index (κ2) is 8.33. The van der Waals surface area contributed by atoms with Crippen LogP contribution in [0.15, 0.2) is 0 Å². The van der Waals surface area contributed by atoms with E-state index >= 15 is 0 Å². The normalized spacial score (nSPS) is 22.0. The van der Waals surface area contributed by atoms with Gasteiger partial charge in [-0.3, -0.25) is 9.59 Å². The van der Waals surface area contributed by atoms with Gasteiger partial charge in [-0.05, 0) is 19.3 Å². The molecule has 1 amide bonds. The lowest BCUT2D eigenvalue weighted by Gasteiger charge is -2.18. The Balaban J connectivity index is 2.49. The van der Waals surface area contributed by atoms with E-state index in [0.717, 1.165) is 6.42 Å². The second-order valence-electron chi connectivity index (χ2n) is 5.14. The molecule has 1 fully saturated rings. The number of hydrogen-bond donors (Lipinski definition) is 2. The van der Waals surface area contributed by atoms with Crippen molar-refractivity contribution in [3.8, 4) is 0 Å². The molecule has 1 rings (SSSR count). The highest BCUT2D eigenvalue weighted by Crippen LogP contribution is 2.31. The van der Waals surface area contributed by atoms with E-state index in [1.807, 2.05) is 6.92 Å². The number of hydrogen-bond acceptors (Lipinski definition) is 5. The molecule has 21 heavy (non-hydrogen) atoms. The van der Waals surface area contributed by atoms with E-state index in [1.165, 1.54) is 7.11 Å². The van der Waals surface area contributed by atoms with E-state index in [2.05, 4.69) is 14.8 Å². The number of amides is 1. The van der Waals surface area contributed by atoms with Gasteiger partial charge in [0.05, 0.1) is 18.3 Å². The summed E-state index contributed by atoms with van der Waals surface area (Å²) in [5.41, 5.74) is 0. The van der Waals surface area contributed by atoms with Crippen LogP contribution in [-0.2, 0) is 24.3 Å². The Morgan fingerprint density at radius 1 is 1.24 bits per heavy atom. The maximum Gasteiger partial charge on any atom is 0.310 e. The lowest BCUT2D eigenvalue weighted by Crippen LogP contribution is -2.40. The number of carbonyl (C=O) groups excluding carboxylic acids is 2. The van der Waals surface area contributed by atoms with Crippen LogP contribution in [0.3, 0.4) is 0 Å². The van der Waals surface area contributed by atoms with Gasteiger partial charge in [-0.25, -0.2) is 13.1 Å². The van der Waals surface area contributed by atoms with Crippen molar-refractivity contribution in [1.82, 2.24) is 10.0 Å². The van der Waals surface area contributed by atoms with Crippen molar-refractivity contribution >= 4 is 21.9 Å². The summed E-state index contributed by atoms with van der Waals surface area (Å²) in [4.78, 5) is 23.0. The minimum Gasteiger partial charge on any atom is -0.469 e. The van der Waals surface area contributed by atoms with Crippen molar-refractivity contribution in [2.24, 2.45) is 5.92 Å². The predicted octanol–water partition coefficient (Wildman–Crippen LogP) is 0.164. The first-order valence-corrected chi connectivity index (χ1v) is 8.80. The fourth-order valence-electron chi connectivity index (χ4n) is 2.49. The first kappa shape index (κ1) is 17.9. The van der Waals surface area contributed by atoms with E-state index in [0.29, 0.717) is 25.8 Å². The van der Waals surface area contributed by atoms with Gasteiger partial charge in [0.2, 0.25) is 15.9 Å². The van der Waals surface area contributed by atoms with Crippen LogP contribution in [0.25, 0.3) is 0 Å². The van der Waals surface area contributed by atoms with Crippen LogP contribution in [-0.4, -0.2) is 45.7 Å². The number of carbonyl (C=O) groups is 2. The third-order valence-corrected chi connectivity index (χ3v) is 5.55. The molecule has 0 heterocycles. The summed E-state index contributed by atoms with van der Waals surface area (Å²) in [5, 5.41) is 1.92. The number of esters is 1. The van der Waals surface area contributed by atoms with Crippen molar-refractivity contribution in [2.75, 3.05) is 20.2 Å². The van der Waals surface area contributed by atoms with Gasteiger partial charge in [0.15, 0.2) is 0 Å². The lowest BCUT2D eigenvalue weighted by molar-refractivity contribution is -0.145. The molecule has 0 radical (unpaired) electrons.